The van der Waals surface area contributed by atoms with Crippen molar-refractivity contribution in [1.29, 1.82) is 0 Å². The van der Waals surface area contributed by atoms with Gasteiger partial charge in [0.2, 0.25) is 0 Å². The van der Waals surface area contributed by atoms with Crippen LogP contribution in [0.25, 0.3) is 0 Å². The van der Waals surface area contributed by atoms with Gasteiger partial charge in [0.25, 0.3) is 0 Å². The number of alkyl halides is 1. The number of carbonyl (C=O) groups excluding carboxylic acids is 1. The molecular formula is C11H16BrN3O. The number of urea groups is 1. The summed E-state index contributed by atoms with van der Waals surface area (Å²) in [7, 11) is 0. The Balaban J connectivity index is 1.85. The van der Waals surface area contributed by atoms with Gasteiger partial charge >= 0.3 is 6.03 Å². The fourth-order valence-corrected chi connectivity index (χ4v) is 4.80. The minimum absolute atomic E-state index is 0.517. The van der Waals surface area contributed by atoms with Crippen LogP contribution in [-0.2, 0) is 0 Å². The summed E-state index contributed by atoms with van der Waals surface area (Å²) in [6, 6.07) is -0.563. The van der Waals surface area contributed by atoms with E-state index < -0.39 is 6.03 Å². The monoisotopic (exact) mass is 285 g/mol. The molecule has 4 aliphatic rings. The number of rotatable bonds is 1. The lowest BCUT2D eigenvalue weighted by Gasteiger charge is -2.53. The average Bonchev–Trinajstić information content (AvgIpc) is 2.23. The highest BCUT2D eigenvalue weighted by Crippen LogP contribution is 2.54. The third-order valence-corrected chi connectivity index (χ3v) is 5.74. The lowest BCUT2D eigenvalue weighted by atomic mass is 9.55. The van der Waals surface area contributed by atoms with Gasteiger partial charge < -0.3 is 5.73 Å². The maximum absolute atomic E-state index is 10.7. The molecule has 4 fully saturated rings. The van der Waals surface area contributed by atoms with Gasteiger partial charge in [-0.3, -0.25) is 0 Å². The molecule has 4 rings (SSSR count). The Bertz CT molecular complexity index is 357. The molecule has 5 atom stereocenters. The second kappa shape index (κ2) is 3.72. The van der Waals surface area contributed by atoms with Crippen molar-refractivity contribution in [3.8, 4) is 0 Å². The van der Waals surface area contributed by atoms with E-state index in [-0.39, 0.29) is 0 Å². The SMILES string of the molecule is NC(=O)N/N=C1/C2CC3CC(C2)C(Br)C1C3. The molecule has 16 heavy (non-hydrogen) atoms. The van der Waals surface area contributed by atoms with Crippen LogP contribution >= 0.6 is 15.9 Å². The third-order valence-electron chi connectivity index (χ3n) is 4.36. The molecule has 0 aromatic heterocycles. The fourth-order valence-electron chi connectivity index (χ4n) is 3.88. The molecule has 88 valence electrons. The molecule has 4 saturated carbocycles. The molecule has 4 nitrogen and oxygen atoms in total. The standard InChI is InChI=1S/C11H16BrN3O/c12-9-6-1-5-2-7(4-6)10(8(9)3-5)14-15-11(13)16/h5-9H,1-4H2,(H3,13,15,16)/b14-10-. The molecule has 2 amide bonds. The summed E-state index contributed by atoms with van der Waals surface area (Å²) in [5.41, 5.74) is 8.64. The van der Waals surface area contributed by atoms with E-state index in [1.807, 2.05) is 0 Å². The van der Waals surface area contributed by atoms with Crippen molar-refractivity contribution in [3.05, 3.63) is 0 Å². The molecule has 0 radical (unpaired) electrons. The lowest BCUT2D eigenvalue weighted by molar-refractivity contribution is 0.117. The van der Waals surface area contributed by atoms with Crippen LogP contribution in [0.4, 0.5) is 4.79 Å². The smallest absolute Gasteiger partial charge is 0.332 e. The molecule has 3 N–H and O–H groups in total. The average molecular weight is 286 g/mol. The van der Waals surface area contributed by atoms with Crippen LogP contribution < -0.4 is 11.2 Å². The minimum atomic E-state index is -0.563. The first-order chi connectivity index (χ1) is 7.65. The summed E-state index contributed by atoms with van der Waals surface area (Å²) >= 11 is 3.80. The minimum Gasteiger partial charge on any atom is -0.350 e. The first-order valence-corrected chi connectivity index (χ1v) is 6.83. The zero-order valence-corrected chi connectivity index (χ0v) is 10.6. The van der Waals surface area contributed by atoms with Gasteiger partial charge in [-0.1, -0.05) is 15.9 Å². The van der Waals surface area contributed by atoms with Gasteiger partial charge in [0.1, 0.15) is 0 Å². The Labute approximate surface area is 103 Å². The topological polar surface area (TPSA) is 67.5 Å². The lowest BCUT2D eigenvalue weighted by Crippen LogP contribution is -2.52. The summed E-state index contributed by atoms with van der Waals surface area (Å²) in [6.07, 6.45) is 5.08. The number of nitrogens with zero attached hydrogens (tertiary/aromatic N) is 1. The molecule has 5 heteroatoms. The number of hydrogen-bond acceptors (Lipinski definition) is 2. The van der Waals surface area contributed by atoms with E-state index in [2.05, 4.69) is 26.5 Å². The van der Waals surface area contributed by atoms with Crippen molar-refractivity contribution >= 4 is 27.7 Å². The van der Waals surface area contributed by atoms with Gasteiger partial charge in [-0.05, 0) is 43.4 Å². The van der Waals surface area contributed by atoms with Crippen molar-refractivity contribution in [2.75, 3.05) is 0 Å². The number of hydrogen-bond donors (Lipinski definition) is 2. The number of carbonyl (C=O) groups is 1. The predicted octanol–water partition coefficient (Wildman–Crippen LogP) is 1.84. The van der Waals surface area contributed by atoms with Crippen LogP contribution in [0, 0.1) is 23.7 Å². The quantitative estimate of drug-likeness (QED) is 0.560. The largest absolute Gasteiger partial charge is 0.350 e. The van der Waals surface area contributed by atoms with E-state index in [0.29, 0.717) is 16.7 Å². The number of nitrogens with one attached hydrogen (secondary N) is 1. The van der Waals surface area contributed by atoms with Crippen molar-refractivity contribution in [2.45, 2.75) is 30.5 Å². The second-order valence-corrected chi connectivity index (χ2v) is 6.39. The zero-order chi connectivity index (χ0) is 11.3. The van der Waals surface area contributed by atoms with Crippen LogP contribution in [0.15, 0.2) is 5.10 Å². The molecule has 0 aliphatic heterocycles. The molecule has 0 spiro atoms. The maximum Gasteiger partial charge on any atom is 0.332 e. The third kappa shape index (κ3) is 1.56. The highest BCUT2D eigenvalue weighted by Gasteiger charge is 2.51. The van der Waals surface area contributed by atoms with Gasteiger partial charge in [-0.15, -0.1) is 0 Å². The molecule has 0 saturated heterocycles. The Kier molecular flexibility index (Phi) is 2.46. The molecule has 0 heterocycles. The van der Waals surface area contributed by atoms with E-state index in [9.17, 15) is 4.79 Å². The van der Waals surface area contributed by atoms with Gasteiger partial charge in [0.15, 0.2) is 0 Å². The van der Waals surface area contributed by atoms with E-state index in [1.165, 1.54) is 31.4 Å². The highest BCUT2D eigenvalue weighted by atomic mass is 79.9. The van der Waals surface area contributed by atoms with Crippen LogP contribution in [0.5, 0.6) is 0 Å². The van der Waals surface area contributed by atoms with E-state index in [1.54, 1.807) is 0 Å². The molecule has 5 unspecified atom stereocenters. The van der Waals surface area contributed by atoms with Crippen molar-refractivity contribution in [1.82, 2.24) is 5.43 Å². The Morgan fingerprint density at radius 3 is 2.94 bits per heavy atom. The maximum atomic E-state index is 10.7. The van der Waals surface area contributed by atoms with Crippen molar-refractivity contribution < 1.29 is 4.79 Å². The van der Waals surface area contributed by atoms with Crippen LogP contribution in [0.2, 0.25) is 0 Å². The molecule has 0 aromatic carbocycles. The van der Waals surface area contributed by atoms with Crippen LogP contribution in [0.3, 0.4) is 0 Å². The number of primary amides is 1. The van der Waals surface area contributed by atoms with Crippen molar-refractivity contribution in [3.63, 3.8) is 0 Å². The Morgan fingerprint density at radius 2 is 2.19 bits per heavy atom. The second-order valence-electron chi connectivity index (χ2n) is 5.33. The number of halogens is 1. The molecule has 4 bridgehead atoms. The first kappa shape index (κ1) is 10.6. The fraction of sp³-hybridized carbons (Fsp3) is 0.818. The Hall–Kier alpha value is -0.580. The molecule has 0 aromatic rings. The van der Waals surface area contributed by atoms with Gasteiger partial charge in [-0.2, -0.15) is 5.10 Å². The van der Waals surface area contributed by atoms with Crippen LogP contribution in [0.1, 0.15) is 25.7 Å². The van der Waals surface area contributed by atoms with Gasteiger partial charge in [0.05, 0.1) is 0 Å². The molecular weight excluding hydrogens is 270 g/mol. The van der Waals surface area contributed by atoms with Gasteiger partial charge in [0, 0.05) is 16.5 Å². The van der Waals surface area contributed by atoms with Gasteiger partial charge in [-0.25, -0.2) is 10.2 Å². The number of hydrazone groups is 1. The van der Waals surface area contributed by atoms with E-state index in [4.69, 9.17) is 5.73 Å². The Morgan fingerprint density at radius 1 is 1.38 bits per heavy atom. The summed E-state index contributed by atoms with van der Waals surface area (Å²) in [4.78, 5) is 11.3. The molecule has 4 aliphatic carbocycles. The predicted molar refractivity (Wildman–Crippen MR) is 65.3 cm³/mol. The summed E-state index contributed by atoms with van der Waals surface area (Å²) in [5.74, 6) is 2.80. The summed E-state index contributed by atoms with van der Waals surface area (Å²) in [5, 5.41) is 4.23. The zero-order valence-electron chi connectivity index (χ0n) is 9.03. The first-order valence-electron chi connectivity index (χ1n) is 5.92. The van der Waals surface area contributed by atoms with E-state index in [0.717, 1.165) is 11.8 Å². The number of nitrogens with two attached hydrogens (primary N) is 1. The normalized spacial score (nSPS) is 47.3. The van der Waals surface area contributed by atoms with Crippen molar-refractivity contribution in [2.24, 2.45) is 34.5 Å². The van der Waals surface area contributed by atoms with Crippen LogP contribution in [-0.4, -0.2) is 16.6 Å². The summed E-state index contributed by atoms with van der Waals surface area (Å²) < 4.78 is 0. The summed E-state index contributed by atoms with van der Waals surface area (Å²) in [6.45, 7) is 0. The number of amides is 2. The highest BCUT2D eigenvalue weighted by molar-refractivity contribution is 9.09. The van der Waals surface area contributed by atoms with E-state index >= 15 is 0 Å².